The molecule has 1 atom stereocenters. The van der Waals surface area contributed by atoms with Crippen LogP contribution in [0.5, 0.6) is 0 Å². The van der Waals surface area contributed by atoms with Gasteiger partial charge in [-0.15, -0.1) is 0 Å². The molecule has 1 fully saturated rings. The molecule has 1 unspecified atom stereocenters. The van der Waals surface area contributed by atoms with Gasteiger partial charge in [0.1, 0.15) is 0 Å². The van der Waals surface area contributed by atoms with Crippen molar-refractivity contribution in [1.82, 2.24) is 10.6 Å². The van der Waals surface area contributed by atoms with Crippen molar-refractivity contribution < 1.29 is 5.11 Å². The predicted molar refractivity (Wildman–Crippen MR) is 95.2 cm³/mol. The Hall–Kier alpha value is -0.770. The minimum Gasteiger partial charge on any atom is -0.396 e. The van der Waals surface area contributed by atoms with Gasteiger partial charge in [-0.2, -0.15) is 0 Å². The number of nitrogens with zero attached hydrogens (tertiary/aromatic N) is 1. The minimum atomic E-state index is 0.268. The molecular formula is C18H37N3O. The Kier molecular flexibility index (Phi) is 10.3. The van der Waals surface area contributed by atoms with E-state index in [0.29, 0.717) is 5.92 Å². The van der Waals surface area contributed by atoms with Crippen molar-refractivity contribution in [3.63, 3.8) is 0 Å². The van der Waals surface area contributed by atoms with E-state index < -0.39 is 0 Å². The lowest BCUT2D eigenvalue weighted by atomic mass is 9.83. The number of rotatable bonds is 9. The van der Waals surface area contributed by atoms with Gasteiger partial charge in [-0.3, -0.25) is 4.99 Å². The molecule has 1 rings (SSSR count). The smallest absolute Gasteiger partial charge is 0.191 e. The van der Waals surface area contributed by atoms with Crippen LogP contribution in [-0.4, -0.2) is 37.3 Å². The van der Waals surface area contributed by atoms with Gasteiger partial charge >= 0.3 is 0 Å². The highest BCUT2D eigenvalue weighted by Crippen LogP contribution is 2.27. The Morgan fingerprint density at radius 1 is 1.14 bits per heavy atom. The summed E-state index contributed by atoms with van der Waals surface area (Å²) in [5.74, 6) is 3.15. The van der Waals surface area contributed by atoms with Crippen LogP contribution in [0.1, 0.15) is 65.7 Å². The van der Waals surface area contributed by atoms with Gasteiger partial charge in [-0.1, -0.05) is 33.1 Å². The summed E-state index contributed by atoms with van der Waals surface area (Å²) in [6, 6.07) is 0. The Morgan fingerprint density at radius 3 is 2.45 bits per heavy atom. The molecule has 0 aromatic carbocycles. The van der Waals surface area contributed by atoms with Crippen LogP contribution in [0.4, 0.5) is 0 Å². The minimum absolute atomic E-state index is 0.268. The lowest BCUT2D eigenvalue weighted by molar-refractivity contribution is 0.253. The topological polar surface area (TPSA) is 56.7 Å². The third kappa shape index (κ3) is 8.02. The quantitative estimate of drug-likeness (QED) is 0.453. The summed E-state index contributed by atoms with van der Waals surface area (Å²) in [5, 5.41) is 16.0. The second-order valence-electron chi connectivity index (χ2n) is 6.89. The van der Waals surface area contributed by atoms with Crippen LogP contribution in [-0.2, 0) is 0 Å². The molecule has 0 saturated heterocycles. The fourth-order valence-corrected chi connectivity index (χ4v) is 3.25. The molecule has 0 aromatic heterocycles. The van der Waals surface area contributed by atoms with Crippen molar-refractivity contribution in [3.8, 4) is 0 Å². The number of hydrogen-bond acceptors (Lipinski definition) is 2. The highest BCUT2D eigenvalue weighted by atomic mass is 16.3. The van der Waals surface area contributed by atoms with Gasteiger partial charge in [0.05, 0.1) is 0 Å². The highest BCUT2D eigenvalue weighted by molar-refractivity contribution is 5.79. The summed E-state index contributed by atoms with van der Waals surface area (Å²) < 4.78 is 0. The fraction of sp³-hybridized carbons (Fsp3) is 0.944. The molecule has 0 bridgehead atoms. The average molecular weight is 312 g/mol. The van der Waals surface area contributed by atoms with E-state index in [1.807, 2.05) is 0 Å². The highest BCUT2D eigenvalue weighted by Gasteiger charge is 2.18. The van der Waals surface area contributed by atoms with Crippen LogP contribution in [0.3, 0.4) is 0 Å². The molecule has 4 nitrogen and oxygen atoms in total. The lowest BCUT2D eigenvalue weighted by Gasteiger charge is -2.27. The molecule has 4 heteroatoms. The van der Waals surface area contributed by atoms with Gasteiger partial charge in [0.15, 0.2) is 5.96 Å². The zero-order valence-electron chi connectivity index (χ0n) is 14.9. The van der Waals surface area contributed by atoms with E-state index >= 15 is 0 Å². The normalized spacial score (nSPS) is 24.1. The SMILES string of the molecule is CCCC(CCO)CN=C(NCC)NCC1CCC(C)CC1. The Labute approximate surface area is 137 Å². The molecule has 0 aliphatic heterocycles. The van der Waals surface area contributed by atoms with Gasteiger partial charge in [0, 0.05) is 26.2 Å². The van der Waals surface area contributed by atoms with Crippen LogP contribution >= 0.6 is 0 Å². The van der Waals surface area contributed by atoms with Crippen LogP contribution in [0.2, 0.25) is 0 Å². The van der Waals surface area contributed by atoms with E-state index in [-0.39, 0.29) is 6.61 Å². The molecule has 1 aliphatic carbocycles. The predicted octanol–water partition coefficient (Wildman–Crippen LogP) is 3.17. The monoisotopic (exact) mass is 311 g/mol. The number of aliphatic hydroxyl groups is 1. The molecule has 1 aliphatic rings. The molecule has 1 saturated carbocycles. The number of guanidine groups is 1. The summed E-state index contributed by atoms with van der Waals surface area (Å²) in [4.78, 5) is 4.73. The van der Waals surface area contributed by atoms with Crippen LogP contribution < -0.4 is 10.6 Å². The lowest BCUT2D eigenvalue weighted by Crippen LogP contribution is -2.40. The van der Waals surface area contributed by atoms with Crippen molar-refractivity contribution in [1.29, 1.82) is 0 Å². The fourth-order valence-electron chi connectivity index (χ4n) is 3.25. The maximum absolute atomic E-state index is 9.15. The molecule has 0 aromatic rings. The van der Waals surface area contributed by atoms with Gasteiger partial charge in [-0.25, -0.2) is 0 Å². The summed E-state index contributed by atoms with van der Waals surface area (Å²) in [5.41, 5.74) is 0. The maximum Gasteiger partial charge on any atom is 0.191 e. The second kappa shape index (κ2) is 11.8. The second-order valence-corrected chi connectivity index (χ2v) is 6.89. The van der Waals surface area contributed by atoms with Gasteiger partial charge in [-0.05, 0) is 50.4 Å². The third-order valence-electron chi connectivity index (χ3n) is 4.78. The van der Waals surface area contributed by atoms with Crippen LogP contribution in [0.25, 0.3) is 0 Å². The summed E-state index contributed by atoms with van der Waals surface area (Å²) in [6.45, 7) is 9.68. The van der Waals surface area contributed by atoms with Crippen molar-refractivity contribution in [2.45, 2.75) is 65.7 Å². The van der Waals surface area contributed by atoms with Gasteiger partial charge < -0.3 is 15.7 Å². The van der Waals surface area contributed by atoms with E-state index in [1.165, 1.54) is 25.7 Å². The largest absolute Gasteiger partial charge is 0.396 e. The van der Waals surface area contributed by atoms with Crippen LogP contribution in [0.15, 0.2) is 4.99 Å². The number of aliphatic hydroxyl groups excluding tert-OH is 1. The van der Waals surface area contributed by atoms with E-state index in [2.05, 4.69) is 31.4 Å². The average Bonchev–Trinajstić information content (AvgIpc) is 2.52. The number of nitrogens with one attached hydrogen (secondary N) is 2. The standard InChI is InChI=1S/C18H37N3O/c1-4-6-16(11-12-22)13-20-18(19-5-2)21-14-17-9-7-15(3)8-10-17/h15-17,22H,4-14H2,1-3H3,(H2,19,20,21). The third-order valence-corrected chi connectivity index (χ3v) is 4.78. The van der Waals surface area contributed by atoms with Crippen molar-refractivity contribution in [2.24, 2.45) is 22.7 Å². The molecule has 22 heavy (non-hydrogen) atoms. The molecule has 3 N–H and O–H groups in total. The molecule has 0 radical (unpaired) electrons. The Morgan fingerprint density at radius 2 is 1.86 bits per heavy atom. The first-order valence-electron chi connectivity index (χ1n) is 9.32. The van der Waals surface area contributed by atoms with Gasteiger partial charge in [0.2, 0.25) is 0 Å². The van der Waals surface area contributed by atoms with Crippen molar-refractivity contribution in [2.75, 3.05) is 26.2 Å². The maximum atomic E-state index is 9.15. The molecule has 0 heterocycles. The van der Waals surface area contributed by atoms with Crippen molar-refractivity contribution in [3.05, 3.63) is 0 Å². The molecule has 0 amide bonds. The van der Waals surface area contributed by atoms with Crippen molar-refractivity contribution >= 4 is 5.96 Å². The first-order chi connectivity index (χ1) is 10.7. The molecule has 0 spiro atoms. The molecule has 130 valence electrons. The Balaban J connectivity index is 2.40. The van der Waals surface area contributed by atoms with E-state index in [4.69, 9.17) is 10.1 Å². The summed E-state index contributed by atoms with van der Waals surface area (Å²) in [7, 11) is 0. The van der Waals surface area contributed by atoms with Crippen LogP contribution in [0, 0.1) is 17.8 Å². The molecular weight excluding hydrogens is 274 g/mol. The van der Waals surface area contributed by atoms with E-state index in [9.17, 15) is 0 Å². The number of hydrogen-bond donors (Lipinski definition) is 3. The van der Waals surface area contributed by atoms with E-state index in [0.717, 1.165) is 56.7 Å². The zero-order valence-corrected chi connectivity index (χ0v) is 14.9. The van der Waals surface area contributed by atoms with Gasteiger partial charge in [0.25, 0.3) is 0 Å². The summed E-state index contributed by atoms with van der Waals surface area (Å²) in [6.07, 6.45) is 8.59. The zero-order chi connectivity index (χ0) is 16.2. The number of aliphatic imine (C=N–C) groups is 1. The Bertz CT molecular complexity index is 293. The summed E-state index contributed by atoms with van der Waals surface area (Å²) >= 11 is 0. The first kappa shape index (κ1) is 19.3. The van der Waals surface area contributed by atoms with E-state index in [1.54, 1.807) is 0 Å². The first-order valence-corrected chi connectivity index (χ1v) is 9.32.